The first-order valence-electron chi connectivity index (χ1n) is 10.6. The Hall–Kier alpha value is -2.41. The van der Waals surface area contributed by atoms with Gasteiger partial charge in [-0.25, -0.2) is 0 Å². The Bertz CT molecular complexity index is 795. The lowest BCUT2D eigenvalue weighted by atomic mass is 9.80. The van der Waals surface area contributed by atoms with Gasteiger partial charge in [0.1, 0.15) is 6.61 Å². The van der Waals surface area contributed by atoms with Crippen LogP contribution in [0.5, 0.6) is 0 Å². The van der Waals surface area contributed by atoms with Gasteiger partial charge in [0.05, 0.1) is 5.92 Å². The van der Waals surface area contributed by atoms with Gasteiger partial charge in [-0.05, 0) is 55.4 Å². The molecule has 1 atom stereocenters. The highest BCUT2D eigenvalue weighted by Gasteiger charge is 2.39. The number of carbonyl (C=O) groups excluding carboxylic acids is 3. The summed E-state index contributed by atoms with van der Waals surface area (Å²) in [5.74, 6) is -0.166. The lowest BCUT2D eigenvalue weighted by molar-refractivity contribution is -0.136. The monoisotopic (exact) mass is 399 g/mol. The smallest absolute Gasteiger partial charge is 0.251 e. The van der Waals surface area contributed by atoms with Crippen molar-refractivity contribution in [3.8, 4) is 0 Å². The number of anilines is 1. The average molecular weight is 399 g/mol. The van der Waals surface area contributed by atoms with E-state index in [1.54, 1.807) is 11.0 Å². The maximum atomic E-state index is 12.7. The van der Waals surface area contributed by atoms with E-state index in [4.69, 9.17) is 4.74 Å². The molecule has 1 aromatic rings. The summed E-state index contributed by atoms with van der Waals surface area (Å²) < 4.78 is 4.94. The summed E-state index contributed by atoms with van der Waals surface area (Å²) in [6.45, 7) is 1.36. The van der Waals surface area contributed by atoms with Crippen LogP contribution in [0.25, 0.3) is 0 Å². The SMILES string of the molecule is COCC(=O)N1CCC(C2C(=O)Nc3ccc(C(=O)NC4CCCC4)cc32)CC1. The van der Waals surface area contributed by atoms with E-state index in [9.17, 15) is 14.4 Å². The number of piperidine rings is 1. The van der Waals surface area contributed by atoms with Gasteiger partial charge >= 0.3 is 0 Å². The minimum Gasteiger partial charge on any atom is -0.375 e. The molecule has 29 heavy (non-hydrogen) atoms. The highest BCUT2D eigenvalue weighted by molar-refractivity contribution is 6.04. The molecule has 1 aliphatic carbocycles. The Kier molecular flexibility index (Phi) is 5.85. The summed E-state index contributed by atoms with van der Waals surface area (Å²) in [6, 6.07) is 5.77. The molecule has 0 bridgehead atoms. The number of ether oxygens (including phenoxy) is 1. The third kappa shape index (κ3) is 4.15. The van der Waals surface area contributed by atoms with Crippen molar-refractivity contribution in [3.63, 3.8) is 0 Å². The minimum atomic E-state index is -0.260. The predicted molar refractivity (Wildman–Crippen MR) is 109 cm³/mol. The van der Waals surface area contributed by atoms with Crippen LogP contribution in [-0.2, 0) is 14.3 Å². The van der Waals surface area contributed by atoms with E-state index in [-0.39, 0.29) is 42.2 Å². The Morgan fingerprint density at radius 1 is 1.17 bits per heavy atom. The lowest BCUT2D eigenvalue weighted by Crippen LogP contribution is -2.42. The van der Waals surface area contributed by atoms with Gasteiger partial charge in [0.15, 0.2) is 0 Å². The van der Waals surface area contributed by atoms with Gasteiger partial charge in [-0.15, -0.1) is 0 Å². The molecule has 4 rings (SSSR count). The molecule has 0 spiro atoms. The maximum Gasteiger partial charge on any atom is 0.251 e. The third-order valence-corrected chi connectivity index (χ3v) is 6.51. The van der Waals surface area contributed by atoms with Gasteiger partial charge < -0.3 is 20.3 Å². The molecule has 0 aromatic heterocycles. The highest BCUT2D eigenvalue weighted by atomic mass is 16.5. The first-order valence-corrected chi connectivity index (χ1v) is 10.6. The fourth-order valence-electron chi connectivity index (χ4n) is 4.93. The van der Waals surface area contributed by atoms with E-state index in [1.807, 2.05) is 12.1 Å². The number of likely N-dealkylation sites (tertiary alicyclic amines) is 1. The molecule has 1 saturated carbocycles. The van der Waals surface area contributed by atoms with Crippen LogP contribution in [-0.4, -0.2) is 55.5 Å². The molecule has 2 heterocycles. The zero-order valence-corrected chi connectivity index (χ0v) is 16.9. The standard InChI is InChI=1S/C22H29N3O4/c1-29-13-19(26)25-10-8-14(9-11-25)20-17-12-15(6-7-18(17)24-22(20)28)21(27)23-16-4-2-3-5-16/h6-7,12,14,16,20H,2-5,8-11,13H2,1H3,(H,23,27)(H,24,28). The van der Waals surface area contributed by atoms with Crippen molar-refractivity contribution in [2.75, 3.05) is 32.1 Å². The second-order valence-electron chi connectivity index (χ2n) is 8.38. The first kappa shape index (κ1) is 19.9. The summed E-state index contributed by atoms with van der Waals surface area (Å²) in [5.41, 5.74) is 2.33. The topological polar surface area (TPSA) is 87.7 Å². The van der Waals surface area contributed by atoms with E-state index < -0.39 is 0 Å². The fraction of sp³-hybridized carbons (Fsp3) is 0.591. The van der Waals surface area contributed by atoms with Crippen molar-refractivity contribution in [3.05, 3.63) is 29.3 Å². The average Bonchev–Trinajstić information content (AvgIpc) is 3.34. The van der Waals surface area contributed by atoms with Crippen LogP contribution in [0.15, 0.2) is 18.2 Å². The number of nitrogens with one attached hydrogen (secondary N) is 2. The molecule has 3 aliphatic rings. The summed E-state index contributed by atoms with van der Waals surface area (Å²) in [7, 11) is 1.52. The van der Waals surface area contributed by atoms with Gasteiger partial charge in [0, 0.05) is 37.5 Å². The highest BCUT2D eigenvalue weighted by Crippen LogP contribution is 2.41. The van der Waals surface area contributed by atoms with E-state index in [0.717, 1.165) is 36.9 Å². The van der Waals surface area contributed by atoms with Crippen LogP contribution in [0, 0.1) is 5.92 Å². The molecule has 156 valence electrons. The van der Waals surface area contributed by atoms with Crippen molar-refractivity contribution in [1.82, 2.24) is 10.2 Å². The van der Waals surface area contributed by atoms with Crippen LogP contribution < -0.4 is 10.6 Å². The van der Waals surface area contributed by atoms with Gasteiger partial charge in [-0.2, -0.15) is 0 Å². The molecular weight excluding hydrogens is 370 g/mol. The number of amides is 3. The van der Waals surface area contributed by atoms with Crippen molar-refractivity contribution >= 4 is 23.4 Å². The number of methoxy groups -OCH3 is 1. The van der Waals surface area contributed by atoms with E-state index in [1.165, 1.54) is 20.0 Å². The van der Waals surface area contributed by atoms with Gasteiger partial charge in [-0.3, -0.25) is 14.4 Å². The molecule has 7 heteroatoms. The van der Waals surface area contributed by atoms with Crippen LogP contribution in [0.1, 0.15) is 60.4 Å². The Labute approximate surface area is 171 Å². The molecule has 2 fully saturated rings. The number of rotatable bonds is 5. The van der Waals surface area contributed by atoms with Gasteiger partial charge in [0.2, 0.25) is 11.8 Å². The third-order valence-electron chi connectivity index (χ3n) is 6.51. The van der Waals surface area contributed by atoms with Crippen LogP contribution in [0.4, 0.5) is 5.69 Å². The van der Waals surface area contributed by atoms with Crippen molar-refractivity contribution in [2.24, 2.45) is 5.92 Å². The molecule has 1 aromatic carbocycles. The van der Waals surface area contributed by atoms with Crippen molar-refractivity contribution in [2.45, 2.75) is 50.5 Å². The molecule has 2 aliphatic heterocycles. The minimum absolute atomic E-state index is 0.00461. The number of hydrogen-bond acceptors (Lipinski definition) is 4. The normalized spacial score (nSPS) is 22.4. The molecular formula is C22H29N3O4. The summed E-state index contributed by atoms with van der Waals surface area (Å²) >= 11 is 0. The van der Waals surface area contributed by atoms with Crippen molar-refractivity contribution < 1.29 is 19.1 Å². The lowest BCUT2D eigenvalue weighted by Gasteiger charge is -2.34. The second-order valence-corrected chi connectivity index (χ2v) is 8.38. The van der Waals surface area contributed by atoms with Gasteiger partial charge in [-0.1, -0.05) is 12.8 Å². The van der Waals surface area contributed by atoms with E-state index >= 15 is 0 Å². The molecule has 7 nitrogen and oxygen atoms in total. The van der Waals surface area contributed by atoms with E-state index in [2.05, 4.69) is 10.6 Å². The summed E-state index contributed by atoms with van der Waals surface area (Å²) in [5, 5.41) is 6.09. The van der Waals surface area contributed by atoms with Crippen molar-refractivity contribution in [1.29, 1.82) is 0 Å². The predicted octanol–water partition coefficient (Wildman–Crippen LogP) is 2.28. The van der Waals surface area contributed by atoms with E-state index in [0.29, 0.717) is 18.7 Å². The number of nitrogens with zero attached hydrogens (tertiary/aromatic N) is 1. The van der Waals surface area contributed by atoms with Crippen LogP contribution >= 0.6 is 0 Å². The molecule has 1 unspecified atom stereocenters. The Balaban J connectivity index is 1.46. The zero-order valence-electron chi connectivity index (χ0n) is 16.9. The fourth-order valence-corrected chi connectivity index (χ4v) is 4.93. The number of carbonyl (C=O) groups is 3. The summed E-state index contributed by atoms with van der Waals surface area (Å²) in [6.07, 6.45) is 5.96. The first-order chi connectivity index (χ1) is 14.1. The molecule has 0 radical (unpaired) electrons. The maximum absolute atomic E-state index is 12.7. The zero-order chi connectivity index (χ0) is 20.4. The molecule has 3 amide bonds. The largest absolute Gasteiger partial charge is 0.375 e. The van der Waals surface area contributed by atoms with Crippen LogP contribution in [0.2, 0.25) is 0 Å². The number of benzene rings is 1. The molecule has 2 N–H and O–H groups in total. The quantitative estimate of drug-likeness (QED) is 0.795. The van der Waals surface area contributed by atoms with Crippen LogP contribution in [0.3, 0.4) is 0 Å². The molecule has 1 saturated heterocycles. The van der Waals surface area contributed by atoms with Gasteiger partial charge in [0.25, 0.3) is 5.91 Å². The summed E-state index contributed by atoms with van der Waals surface area (Å²) in [4.78, 5) is 39.2. The number of fused-ring (bicyclic) bond motifs is 1. The number of hydrogen-bond donors (Lipinski definition) is 2. The Morgan fingerprint density at radius 3 is 2.59 bits per heavy atom. The second kappa shape index (κ2) is 8.53. The Morgan fingerprint density at radius 2 is 1.90 bits per heavy atom.